The van der Waals surface area contributed by atoms with Crippen LogP contribution in [0.1, 0.15) is 28.9 Å². The fourth-order valence-electron chi connectivity index (χ4n) is 4.00. The Hall–Kier alpha value is -3.96. The summed E-state index contributed by atoms with van der Waals surface area (Å²) < 4.78 is 46.9. The van der Waals surface area contributed by atoms with Gasteiger partial charge >= 0.3 is 6.18 Å². The molecule has 5 rings (SSSR count). The third-order valence-electron chi connectivity index (χ3n) is 5.47. The number of aromatic nitrogens is 5. The highest BCUT2D eigenvalue weighted by Gasteiger charge is 2.46. The maximum absolute atomic E-state index is 13.4. The zero-order valence-corrected chi connectivity index (χ0v) is 17.4. The summed E-state index contributed by atoms with van der Waals surface area (Å²) in [6.07, 6.45) is 0.348. The smallest absolute Gasteiger partial charge is 0.408 e. The lowest BCUT2D eigenvalue weighted by molar-refractivity contribution is -0.146. The lowest BCUT2D eigenvalue weighted by Gasteiger charge is -2.27. The SMILES string of the molecule is Cc1nn2ccc(N3CCCC3C(F)(F)F)nc2c1C(=O)Nc1cccc(-c2cnco2)n1. The highest BCUT2D eigenvalue weighted by Crippen LogP contribution is 2.35. The number of nitrogens with zero attached hydrogens (tertiary/aromatic N) is 6. The number of halogens is 3. The van der Waals surface area contributed by atoms with Crippen LogP contribution >= 0.6 is 0 Å². The third-order valence-corrected chi connectivity index (χ3v) is 5.47. The number of fused-ring (bicyclic) bond motifs is 1. The van der Waals surface area contributed by atoms with E-state index in [1.807, 2.05) is 0 Å². The minimum Gasteiger partial charge on any atom is -0.442 e. The summed E-state index contributed by atoms with van der Waals surface area (Å²) in [7, 11) is 0. The summed E-state index contributed by atoms with van der Waals surface area (Å²) in [6, 6.07) is 4.89. The van der Waals surface area contributed by atoms with Gasteiger partial charge in [-0.25, -0.2) is 19.5 Å². The lowest BCUT2D eigenvalue weighted by Crippen LogP contribution is -2.41. The summed E-state index contributed by atoms with van der Waals surface area (Å²) >= 11 is 0. The number of oxazole rings is 1. The van der Waals surface area contributed by atoms with E-state index in [-0.39, 0.29) is 35.8 Å². The number of carbonyl (C=O) groups excluding carboxylic acids is 1. The fourth-order valence-corrected chi connectivity index (χ4v) is 4.00. The number of amides is 1. The fraction of sp³-hybridized carbons (Fsp3) is 0.286. The number of carbonyl (C=O) groups is 1. The van der Waals surface area contributed by atoms with Gasteiger partial charge in [-0.1, -0.05) is 6.07 Å². The Morgan fingerprint density at radius 1 is 1.24 bits per heavy atom. The van der Waals surface area contributed by atoms with Gasteiger partial charge in [-0.3, -0.25) is 4.79 Å². The molecule has 0 bridgehead atoms. The Morgan fingerprint density at radius 2 is 2.09 bits per heavy atom. The van der Waals surface area contributed by atoms with Crippen molar-refractivity contribution < 1.29 is 22.4 Å². The minimum absolute atomic E-state index is 0.00912. The Labute approximate surface area is 185 Å². The van der Waals surface area contributed by atoms with Crippen molar-refractivity contribution in [1.29, 1.82) is 0 Å². The zero-order valence-electron chi connectivity index (χ0n) is 17.4. The topological polar surface area (TPSA) is 101 Å². The van der Waals surface area contributed by atoms with Gasteiger partial charge in [-0.05, 0) is 38.0 Å². The molecule has 33 heavy (non-hydrogen) atoms. The number of anilines is 2. The summed E-state index contributed by atoms with van der Waals surface area (Å²) in [5.41, 5.74) is 1.19. The van der Waals surface area contributed by atoms with Gasteiger partial charge in [0.25, 0.3) is 5.91 Å². The molecule has 5 heterocycles. The van der Waals surface area contributed by atoms with E-state index in [0.717, 1.165) is 0 Å². The first-order chi connectivity index (χ1) is 15.8. The van der Waals surface area contributed by atoms with E-state index in [1.54, 1.807) is 25.1 Å². The number of alkyl halides is 3. The van der Waals surface area contributed by atoms with E-state index in [1.165, 1.54) is 34.3 Å². The molecule has 1 aliphatic rings. The van der Waals surface area contributed by atoms with E-state index >= 15 is 0 Å². The maximum Gasteiger partial charge on any atom is 0.408 e. The van der Waals surface area contributed by atoms with Crippen molar-refractivity contribution in [2.75, 3.05) is 16.8 Å². The van der Waals surface area contributed by atoms with Gasteiger partial charge in [0.2, 0.25) is 0 Å². The van der Waals surface area contributed by atoms with Crippen molar-refractivity contribution in [3.63, 3.8) is 0 Å². The molecule has 0 aromatic carbocycles. The number of aryl methyl sites for hydroxylation is 1. The number of rotatable bonds is 4. The first-order valence-corrected chi connectivity index (χ1v) is 10.2. The highest BCUT2D eigenvalue weighted by atomic mass is 19.4. The molecule has 1 N–H and O–H groups in total. The molecule has 1 amide bonds. The van der Waals surface area contributed by atoms with Crippen molar-refractivity contribution in [3.05, 3.63) is 54.3 Å². The molecule has 1 saturated heterocycles. The molecular weight excluding hydrogens is 439 g/mol. The number of hydrogen-bond donors (Lipinski definition) is 1. The van der Waals surface area contributed by atoms with E-state index in [2.05, 4.69) is 25.4 Å². The molecule has 1 fully saturated rings. The Bertz CT molecular complexity index is 1320. The minimum atomic E-state index is -4.36. The molecule has 1 atom stereocenters. The number of nitrogens with one attached hydrogen (secondary N) is 1. The van der Waals surface area contributed by atoms with Crippen molar-refractivity contribution in [3.8, 4) is 11.5 Å². The average Bonchev–Trinajstić information content (AvgIpc) is 3.52. The first kappa shape index (κ1) is 20.9. The van der Waals surface area contributed by atoms with E-state index in [4.69, 9.17) is 4.42 Å². The van der Waals surface area contributed by atoms with E-state index in [0.29, 0.717) is 23.6 Å². The molecule has 4 aromatic heterocycles. The molecule has 1 aliphatic heterocycles. The number of pyridine rings is 1. The molecule has 12 heteroatoms. The standard InChI is InChI=1S/C21H18F3N7O2/c1-12-18(20(32)27-16-6-2-4-13(26-16)14-10-25-11-33-14)19-28-17(7-9-31(19)29-12)30-8-3-5-15(30)21(22,23)24/h2,4,6-7,9-11,15H,3,5,8H2,1H3,(H,26,27,32). The maximum atomic E-state index is 13.4. The van der Waals surface area contributed by atoms with E-state index < -0.39 is 18.1 Å². The summed E-state index contributed by atoms with van der Waals surface area (Å²) in [5.74, 6) is 0.333. The molecule has 1 unspecified atom stereocenters. The van der Waals surface area contributed by atoms with Crippen molar-refractivity contribution in [2.24, 2.45) is 0 Å². The van der Waals surface area contributed by atoms with Gasteiger partial charge < -0.3 is 14.6 Å². The molecule has 9 nitrogen and oxygen atoms in total. The van der Waals surface area contributed by atoms with Crippen LogP contribution < -0.4 is 10.2 Å². The molecule has 0 aliphatic carbocycles. The van der Waals surface area contributed by atoms with Gasteiger partial charge in [0, 0.05) is 12.7 Å². The van der Waals surface area contributed by atoms with Gasteiger partial charge in [0.15, 0.2) is 17.8 Å². The van der Waals surface area contributed by atoms with Crippen molar-refractivity contribution in [1.82, 2.24) is 24.6 Å². The Balaban J connectivity index is 1.47. The largest absolute Gasteiger partial charge is 0.442 e. The van der Waals surface area contributed by atoms with Crippen LogP contribution in [0.3, 0.4) is 0 Å². The van der Waals surface area contributed by atoms with Gasteiger partial charge in [0.1, 0.15) is 28.9 Å². The zero-order chi connectivity index (χ0) is 23.2. The first-order valence-electron chi connectivity index (χ1n) is 10.2. The highest BCUT2D eigenvalue weighted by molar-refractivity contribution is 6.08. The monoisotopic (exact) mass is 457 g/mol. The summed E-state index contributed by atoms with van der Waals surface area (Å²) in [6.45, 7) is 1.87. The summed E-state index contributed by atoms with van der Waals surface area (Å²) in [4.78, 5) is 26.9. The molecule has 170 valence electrons. The average molecular weight is 457 g/mol. The van der Waals surface area contributed by atoms with Crippen molar-refractivity contribution in [2.45, 2.75) is 32.0 Å². The second kappa shape index (κ2) is 7.87. The van der Waals surface area contributed by atoms with Crippen LogP contribution in [0.15, 0.2) is 47.5 Å². The summed E-state index contributed by atoms with van der Waals surface area (Å²) in [5, 5.41) is 6.98. The normalized spacial score (nSPS) is 16.5. The predicted octanol–water partition coefficient (Wildman–Crippen LogP) is 3.87. The second-order valence-electron chi connectivity index (χ2n) is 7.64. The third kappa shape index (κ3) is 3.88. The molecule has 0 radical (unpaired) electrons. The van der Waals surface area contributed by atoms with Crippen LogP contribution in [0.2, 0.25) is 0 Å². The van der Waals surface area contributed by atoms with Crippen LogP contribution in [0.5, 0.6) is 0 Å². The molecule has 4 aromatic rings. The lowest BCUT2D eigenvalue weighted by atomic mass is 10.2. The number of hydrogen-bond acceptors (Lipinski definition) is 7. The Kier molecular flexibility index (Phi) is 4.99. The van der Waals surface area contributed by atoms with Crippen LogP contribution in [0, 0.1) is 6.92 Å². The van der Waals surface area contributed by atoms with Crippen LogP contribution in [-0.4, -0.2) is 49.2 Å². The second-order valence-corrected chi connectivity index (χ2v) is 7.64. The van der Waals surface area contributed by atoms with Crippen LogP contribution in [0.4, 0.5) is 24.8 Å². The van der Waals surface area contributed by atoms with Gasteiger partial charge in [0.05, 0.1) is 11.9 Å². The van der Waals surface area contributed by atoms with Gasteiger partial charge in [-0.2, -0.15) is 18.3 Å². The molecule has 0 saturated carbocycles. The molecular formula is C21H18F3N7O2. The van der Waals surface area contributed by atoms with E-state index in [9.17, 15) is 18.0 Å². The quantitative estimate of drug-likeness (QED) is 0.496. The Morgan fingerprint density at radius 3 is 2.85 bits per heavy atom. The predicted molar refractivity (Wildman–Crippen MR) is 112 cm³/mol. The van der Waals surface area contributed by atoms with Gasteiger partial charge in [-0.15, -0.1) is 0 Å². The van der Waals surface area contributed by atoms with Crippen LogP contribution in [-0.2, 0) is 0 Å². The van der Waals surface area contributed by atoms with Crippen LogP contribution in [0.25, 0.3) is 17.1 Å². The molecule has 0 spiro atoms. The van der Waals surface area contributed by atoms with Crippen molar-refractivity contribution >= 4 is 23.2 Å².